The molecule has 1 fully saturated rings. The Balaban J connectivity index is 2.35. The maximum absolute atomic E-state index is 13.4. The molecule has 0 aromatic heterocycles. The average Bonchev–Trinajstić information content (AvgIpc) is 2.86. The second kappa shape index (κ2) is 5.26. The second-order valence-electron chi connectivity index (χ2n) is 4.38. The summed E-state index contributed by atoms with van der Waals surface area (Å²) >= 11 is 0. The van der Waals surface area contributed by atoms with Crippen LogP contribution in [0.2, 0.25) is 0 Å². The summed E-state index contributed by atoms with van der Waals surface area (Å²) in [4.78, 5) is 24.2. The Morgan fingerprint density at radius 2 is 2.16 bits per heavy atom. The van der Waals surface area contributed by atoms with E-state index in [2.05, 4.69) is 0 Å². The van der Waals surface area contributed by atoms with E-state index in [1.807, 2.05) is 0 Å². The molecule has 19 heavy (non-hydrogen) atoms. The maximum atomic E-state index is 13.4. The molecule has 1 saturated heterocycles. The van der Waals surface area contributed by atoms with Gasteiger partial charge >= 0.3 is 11.9 Å². The number of anilines is 1. The van der Waals surface area contributed by atoms with Gasteiger partial charge in [0, 0.05) is 12.2 Å². The molecule has 5 nitrogen and oxygen atoms in total. The van der Waals surface area contributed by atoms with E-state index in [9.17, 15) is 14.0 Å². The highest BCUT2D eigenvalue weighted by atomic mass is 19.1. The predicted molar refractivity (Wildman–Crippen MR) is 65.7 cm³/mol. The van der Waals surface area contributed by atoms with E-state index in [1.54, 1.807) is 4.90 Å². The molecule has 2 rings (SSSR count). The number of hydrogen-bond donors (Lipinski definition) is 1. The van der Waals surface area contributed by atoms with Gasteiger partial charge in [-0.2, -0.15) is 0 Å². The summed E-state index contributed by atoms with van der Waals surface area (Å²) in [7, 11) is 1.30. The molecule has 0 radical (unpaired) electrons. The van der Waals surface area contributed by atoms with Gasteiger partial charge in [-0.25, -0.2) is 14.0 Å². The largest absolute Gasteiger partial charge is 0.478 e. The molecule has 1 N–H and O–H groups in total. The number of rotatable bonds is 3. The minimum absolute atomic E-state index is 0.134. The summed E-state index contributed by atoms with van der Waals surface area (Å²) in [6.07, 6.45) is 1.39. The van der Waals surface area contributed by atoms with Gasteiger partial charge in [0.25, 0.3) is 0 Å². The molecule has 1 unspecified atom stereocenters. The van der Waals surface area contributed by atoms with Crippen LogP contribution >= 0.6 is 0 Å². The first-order valence-electron chi connectivity index (χ1n) is 5.91. The molecule has 0 amide bonds. The van der Waals surface area contributed by atoms with E-state index in [-0.39, 0.29) is 5.56 Å². The lowest BCUT2D eigenvalue weighted by Crippen LogP contribution is -2.37. The number of carboxylic acids is 1. The van der Waals surface area contributed by atoms with E-state index in [4.69, 9.17) is 9.84 Å². The van der Waals surface area contributed by atoms with E-state index in [0.717, 1.165) is 12.5 Å². The highest BCUT2D eigenvalue weighted by molar-refractivity contribution is 5.89. The molecule has 1 atom stereocenters. The van der Waals surface area contributed by atoms with Crippen molar-refractivity contribution in [3.63, 3.8) is 0 Å². The molecule has 0 spiro atoms. The van der Waals surface area contributed by atoms with Crippen molar-refractivity contribution in [3.05, 3.63) is 29.6 Å². The van der Waals surface area contributed by atoms with Crippen molar-refractivity contribution in [2.24, 2.45) is 0 Å². The Bertz CT molecular complexity index is 517. The summed E-state index contributed by atoms with van der Waals surface area (Å²) in [5.41, 5.74) is 0.260. The van der Waals surface area contributed by atoms with Crippen LogP contribution in [-0.2, 0) is 9.53 Å². The quantitative estimate of drug-likeness (QED) is 0.844. The van der Waals surface area contributed by atoms with Crippen molar-refractivity contribution in [2.75, 3.05) is 18.6 Å². The van der Waals surface area contributed by atoms with Gasteiger partial charge in [0.1, 0.15) is 11.9 Å². The molecule has 1 heterocycles. The van der Waals surface area contributed by atoms with Crippen molar-refractivity contribution >= 4 is 17.6 Å². The highest BCUT2D eigenvalue weighted by Gasteiger charge is 2.32. The molecule has 102 valence electrons. The zero-order valence-electron chi connectivity index (χ0n) is 10.4. The monoisotopic (exact) mass is 267 g/mol. The third kappa shape index (κ3) is 2.67. The van der Waals surface area contributed by atoms with Crippen LogP contribution in [0.4, 0.5) is 10.1 Å². The minimum Gasteiger partial charge on any atom is -0.478 e. The Morgan fingerprint density at radius 3 is 2.79 bits per heavy atom. The second-order valence-corrected chi connectivity index (χ2v) is 4.38. The Hall–Kier alpha value is -2.11. The number of carbonyl (C=O) groups excluding carboxylic acids is 1. The van der Waals surface area contributed by atoms with Gasteiger partial charge < -0.3 is 14.7 Å². The predicted octanol–water partition coefficient (Wildman–Crippen LogP) is 1.67. The average molecular weight is 267 g/mol. The molecule has 6 heteroatoms. The molecule has 0 saturated carbocycles. The summed E-state index contributed by atoms with van der Waals surface area (Å²) in [5, 5.41) is 8.92. The lowest BCUT2D eigenvalue weighted by molar-refractivity contribution is -0.141. The fourth-order valence-electron chi connectivity index (χ4n) is 2.32. The van der Waals surface area contributed by atoms with E-state index in [0.29, 0.717) is 18.7 Å². The van der Waals surface area contributed by atoms with Crippen LogP contribution in [0.3, 0.4) is 0 Å². The molecule has 0 aliphatic carbocycles. The molecule has 1 aliphatic rings. The molecular weight excluding hydrogens is 253 g/mol. The van der Waals surface area contributed by atoms with Crippen molar-refractivity contribution in [1.82, 2.24) is 0 Å². The number of benzene rings is 1. The molecule has 0 bridgehead atoms. The van der Waals surface area contributed by atoms with Crippen molar-refractivity contribution < 1.29 is 23.8 Å². The van der Waals surface area contributed by atoms with Gasteiger partial charge in [-0.3, -0.25) is 0 Å². The van der Waals surface area contributed by atoms with Gasteiger partial charge in [-0.15, -0.1) is 0 Å². The molecular formula is C13H14FNO4. The molecule has 1 aliphatic heterocycles. The van der Waals surface area contributed by atoms with Crippen LogP contribution in [0.1, 0.15) is 23.2 Å². The van der Waals surface area contributed by atoms with Gasteiger partial charge in [-0.05, 0) is 31.0 Å². The van der Waals surface area contributed by atoms with Gasteiger partial charge in [0.05, 0.1) is 12.7 Å². The number of hydrogen-bond acceptors (Lipinski definition) is 4. The van der Waals surface area contributed by atoms with E-state index < -0.39 is 23.8 Å². The topological polar surface area (TPSA) is 66.8 Å². The number of methoxy groups -OCH3 is 1. The standard InChI is InChI=1S/C13H14FNO4/c1-19-13(18)11-3-2-4-15(11)10-6-8(12(16)17)5-9(14)7-10/h5-7,11H,2-4H2,1H3,(H,16,17). The minimum atomic E-state index is -1.20. The van der Waals surface area contributed by atoms with E-state index in [1.165, 1.54) is 19.2 Å². The maximum Gasteiger partial charge on any atom is 0.335 e. The Labute approximate surface area is 109 Å². The van der Waals surface area contributed by atoms with Crippen LogP contribution in [0, 0.1) is 5.82 Å². The zero-order valence-corrected chi connectivity index (χ0v) is 10.4. The Kier molecular flexibility index (Phi) is 3.69. The SMILES string of the molecule is COC(=O)C1CCCN1c1cc(F)cc(C(=O)O)c1. The third-order valence-electron chi connectivity index (χ3n) is 3.19. The number of aromatic carboxylic acids is 1. The number of ether oxygens (including phenoxy) is 1. The first-order valence-corrected chi connectivity index (χ1v) is 5.91. The van der Waals surface area contributed by atoms with Crippen molar-refractivity contribution in [2.45, 2.75) is 18.9 Å². The summed E-state index contributed by atoms with van der Waals surface area (Å²) in [6, 6.07) is 3.07. The van der Waals surface area contributed by atoms with Crippen LogP contribution in [0.15, 0.2) is 18.2 Å². The van der Waals surface area contributed by atoms with Gasteiger partial charge in [0.2, 0.25) is 0 Å². The Morgan fingerprint density at radius 1 is 1.42 bits per heavy atom. The number of halogens is 1. The number of carbonyl (C=O) groups is 2. The molecule has 1 aromatic carbocycles. The van der Waals surface area contributed by atoms with Gasteiger partial charge in [-0.1, -0.05) is 0 Å². The lowest BCUT2D eigenvalue weighted by atomic mass is 10.1. The fraction of sp³-hybridized carbons (Fsp3) is 0.385. The number of esters is 1. The summed E-state index contributed by atoms with van der Waals surface area (Å²) < 4.78 is 18.1. The number of nitrogens with zero attached hydrogens (tertiary/aromatic N) is 1. The van der Waals surface area contributed by atoms with Crippen LogP contribution in [0.25, 0.3) is 0 Å². The summed E-state index contributed by atoms with van der Waals surface area (Å²) in [6.45, 7) is 0.572. The van der Waals surface area contributed by atoms with Crippen molar-refractivity contribution in [3.8, 4) is 0 Å². The molecule has 1 aromatic rings. The van der Waals surface area contributed by atoms with Crippen LogP contribution in [0.5, 0.6) is 0 Å². The van der Waals surface area contributed by atoms with Crippen LogP contribution in [-0.4, -0.2) is 36.7 Å². The summed E-state index contributed by atoms with van der Waals surface area (Å²) in [5.74, 6) is -2.22. The van der Waals surface area contributed by atoms with E-state index >= 15 is 0 Å². The fourth-order valence-corrected chi connectivity index (χ4v) is 2.32. The first kappa shape index (κ1) is 13.3. The lowest BCUT2D eigenvalue weighted by Gasteiger charge is -2.25. The third-order valence-corrected chi connectivity index (χ3v) is 3.19. The first-order chi connectivity index (χ1) is 9.02. The van der Waals surface area contributed by atoms with Crippen LogP contribution < -0.4 is 4.90 Å². The zero-order chi connectivity index (χ0) is 14.0. The smallest absolute Gasteiger partial charge is 0.335 e. The van der Waals surface area contributed by atoms with Gasteiger partial charge in [0.15, 0.2) is 0 Å². The van der Waals surface area contributed by atoms with Crippen molar-refractivity contribution in [1.29, 1.82) is 0 Å². The number of carboxylic acid groups (broad SMARTS) is 1. The normalized spacial score (nSPS) is 18.4. The highest BCUT2D eigenvalue weighted by Crippen LogP contribution is 2.28.